The van der Waals surface area contributed by atoms with Crippen LogP contribution < -0.4 is 4.90 Å². The van der Waals surface area contributed by atoms with Crippen molar-refractivity contribution in [1.82, 2.24) is 19.9 Å². The molecule has 5 heteroatoms. The third kappa shape index (κ3) is 2.17. The van der Waals surface area contributed by atoms with Gasteiger partial charge in [0.15, 0.2) is 11.5 Å². The molecule has 2 aromatic rings. The number of fused-ring (bicyclic) bond motifs is 1. The highest BCUT2D eigenvalue weighted by Crippen LogP contribution is 2.32. The normalized spacial score (nSPS) is 19.7. The molecular formula is C14H21N5. The SMILES string of the molecule is CCC(CC)C1CCN(c2ncnc3nc[nH]c23)C1. The lowest BCUT2D eigenvalue weighted by Gasteiger charge is -2.22. The lowest BCUT2D eigenvalue weighted by atomic mass is 9.87. The molecule has 0 bridgehead atoms. The van der Waals surface area contributed by atoms with E-state index in [1.54, 1.807) is 12.7 Å². The van der Waals surface area contributed by atoms with Crippen molar-refractivity contribution in [2.24, 2.45) is 11.8 Å². The number of aromatic amines is 1. The zero-order valence-electron chi connectivity index (χ0n) is 11.6. The fraction of sp³-hybridized carbons (Fsp3) is 0.643. The van der Waals surface area contributed by atoms with Gasteiger partial charge in [-0.15, -0.1) is 0 Å². The largest absolute Gasteiger partial charge is 0.354 e. The van der Waals surface area contributed by atoms with Crippen LogP contribution in [-0.4, -0.2) is 33.0 Å². The molecule has 1 fully saturated rings. The predicted molar refractivity (Wildman–Crippen MR) is 76.1 cm³/mol. The molecule has 0 aromatic carbocycles. The second-order valence-corrected chi connectivity index (χ2v) is 5.37. The maximum atomic E-state index is 4.45. The second-order valence-electron chi connectivity index (χ2n) is 5.37. The summed E-state index contributed by atoms with van der Waals surface area (Å²) in [5.41, 5.74) is 1.73. The number of aromatic nitrogens is 4. The summed E-state index contributed by atoms with van der Waals surface area (Å²) in [6.07, 6.45) is 7.13. The number of hydrogen-bond donors (Lipinski definition) is 1. The molecule has 1 unspecified atom stereocenters. The lowest BCUT2D eigenvalue weighted by molar-refractivity contribution is 0.339. The van der Waals surface area contributed by atoms with Gasteiger partial charge in [-0.05, 0) is 18.3 Å². The summed E-state index contributed by atoms with van der Waals surface area (Å²) in [6, 6.07) is 0. The van der Waals surface area contributed by atoms with Gasteiger partial charge in [0.05, 0.1) is 6.33 Å². The van der Waals surface area contributed by atoms with Crippen molar-refractivity contribution in [3.63, 3.8) is 0 Å². The number of nitrogens with one attached hydrogen (secondary N) is 1. The standard InChI is InChI=1S/C14H21N5/c1-3-10(4-2)11-5-6-19(7-11)14-12-13(16-8-15-12)17-9-18-14/h8-11H,3-7H2,1-2H3,(H,15,16,17,18). The van der Waals surface area contributed by atoms with Gasteiger partial charge in [-0.1, -0.05) is 26.7 Å². The van der Waals surface area contributed by atoms with Crippen molar-refractivity contribution >= 4 is 17.0 Å². The molecule has 1 aliphatic rings. The Kier molecular flexibility index (Phi) is 3.36. The van der Waals surface area contributed by atoms with Crippen LogP contribution in [0.3, 0.4) is 0 Å². The molecule has 0 amide bonds. The van der Waals surface area contributed by atoms with Crippen LogP contribution in [0.2, 0.25) is 0 Å². The molecule has 1 aliphatic heterocycles. The van der Waals surface area contributed by atoms with Gasteiger partial charge >= 0.3 is 0 Å². The van der Waals surface area contributed by atoms with Crippen molar-refractivity contribution in [2.45, 2.75) is 33.1 Å². The Morgan fingerprint density at radius 2 is 2.16 bits per heavy atom. The van der Waals surface area contributed by atoms with Crippen LogP contribution in [0, 0.1) is 11.8 Å². The van der Waals surface area contributed by atoms with Gasteiger partial charge in [-0.3, -0.25) is 0 Å². The molecule has 2 aromatic heterocycles. The van der Waals surface area contributed by atoms with Crippen LogP contribution in [0.5, 0.6) is 0 Å². The third-order valence-electron chi connectivity index (χ3n) is 4.44. The minimum absolute atomic E-state index is 0.760. The highest BCUT2D eigenvalue weighted by atomic mass is 15.2. The van der Waals surface area contributed by atoms with E-state index in [0.717, 1.165) is 41.9 Å². The van der Waals surface area contributed by atoms with Crippen LogP contribution in [0.4, 0.5) is 5.82 Å². The van der Waals surface area contributed by atoms with Gasteiger partial charge in [-0.25, -0.2) is 15.0 Å². The highest BCUT2D eigenvalue weighted by Gasteiger charge is 2.29. The first-order chi connectivity index (χ1) is 9.33. The Balaban J connectivity index is 1.83. The molecule has 19 heavy (non-hydrogen) atoms. The fourth-order valence-electron chi connectivity index (χ4n) is 3.31. The maximum Gasteiger partial charge on any atom is 0.182 e. The van der Waals surface area contributed by atoms with Gasteiger partial charge in [-0.2, -0.15) is 0 Å². The summed E-state index contributed by atoms with van der Waals surface area (Å²) in [7, 11) is 0. The van der Waals surface area contributed by atoms with Gasteiger partial charge in [0, 0.05) is 13.1 Å². The van der Waals surface area contributed by atoms with E-state index in [4.69, 9.17) is 0 Å². The van der Waals surface area contributed by atoms with Crippen molar-refractivity contribution in [3.05, 3.63) is 12.7 Å². The van der Waals surface area contributed by atoms with E-state index in [1.807, 2.05) is 0 Å². The smallest absolute Gasteiger partial charge is 0.182 e. The minimum atomic E-state index is 0.760. The van der Waals surface area contributed by atoms with E-state index in [-0.39, 0.29) is 0 Å². The van der Waals surface area contributed by atoms with Crippen LogP contribution in [0.1, 0.15) is 33.1 Å². The Morgan fingerprint density at radius 3 is 2.95 bits per heavy atom. The highest BCUT2D eigenvalue weighted by molar-refractivity contribution is 5.82. The van der Waals surface area contributed by atoms with Crippen molar-refractivity contribution in [2.75, 3.05) is 18.0 Å². The van der Waals surface area contributed by atoms with E-state index >= 15 is 0 Å². The zero-order valence-corrected chi connectivity index (χ0v) is 11.6. The summed E-state index contributed by atoms with van der Waals surface area (Å²) in [6.45, 7) is 6.80. The number of hydrogen-bond acceptors (Lipinski definition) is 4. The monoisotopic (exact) mass is 259 g/mol. The quantitative estimate of drug-likeness (QED) is 0.917. The second kappa shape index (κ2) is 5.15. The molecule has 0 spiro atoms. The number of anilines is 1. The molecule has 3 rings (SSSR count). The summed E-state index contributed by atoms with van der Waals surface area (Å²) >= 11 is 0. The van der Waals surface area contributed by atoms with Crippen LogP contribution in [0.25, 0.3) is 11.2 Å². The molecule has 1 atom stereocenters. The van der Waals surface area contributed by atoms with Crippen molar-refractivity contribution in [1.29, 1.82) is 0 Å². The minimum Gasteiger partial charge on any atom is -0.354 e. The first kappa shape index (κ1) is 12.4. The maximum absolute atomic E-state index is 4.45. The van der Waals surface area contributed by atoms with E-state index in [9.17, 15) is 0 Å². The topological polar surface area (TPSA) is 57.7 Å². The average Bonchev–Trinajstić information content (AvgIpc) is 3.08. The summed E-state index contributed by atoms with van der Waals surface area (Å²) in [5.74, 6) is 2.64. The first-order valence-corrected chi connectivity index (χ1v) is 7.22. The Bertz CT molecular complexity index is 546. The Hall–Kier alpha value is -1.65. The van der Waals surface area contributed by atoms with Crippen LogP contribution in [-0.2, 0) is 0 Å². The summed E-state index contributed by atoms with van der Waals surface area (Å²) in [5, 5.41) is 0. The van der Waals surface area contributed by atoms with Gasteiger partial charge in [0.1, 0.15) is 11.8 Å². The molecule has 5 nitrogen and oxygen atoms in total. The molecular weight excluding hydrogens is 238 g/mol. The molecule has 0 aliphatic carbocycles. The average molecular weight is 259 g/mol. The molecule has 102 valence electrons. The fourth-order valence-corrected chi connectivity index (χ4v) is 3.31. The summed E-state index contributed by atoms with van der Waals surface area (Å²) < 4.78 is 0. The van der Waals surface area contributed by atoms with Crippen molar-refractivity contribution in [3.8, 4) is 0 Å². The van der Waals surface area contributed by atoms with Gasteiger partial charge in [0.25, 0.3) is 0 Å². The molecule has 1 saturated heterocycles. The summed E-state index contributed by atoms with van der Waals surface area (Å²) in [4.78, 5) is 18.4. The molecule has 1 N–H and O–H groups in total. The van der Waals surface area contributed by atoms with E-state index in [0.29, 0.717) is 0 Å². The zero-order chi connectivity index (χ0) is 13.2. The number of H-pyrrole nitrogens is 1. The van der Waals surface area contributed by atoms with Crippen LogP contribution >= 0.6 is 0 Å². The molecule has 3 heterocycles. The van der Waals surface area contributed by atoms with E-state index in [1.165, 1.54) is 19.3 Å². The predicted octanol–water partition coefficient (Wildman–Crippen LogP) is 2.62. The Labute approximate surface area is 113 Å². The van der Waals surface area contributed by atoms with Gasteiger partial charge in [0.2, 0.25) is 0 Å². The van der Waals surface area contributed by atoms with Crippen LogP contribution in [0.15, 0.2) is 12.7 Å². The number of nitrogens with zero attached hydrogens (tertiary/aromatic N) is 4. The van der Waals surface area contributed by atoms with Gasteiger partial charge < -0.3 is 9.88 Å². The van der Waals surface area contributed by atoms with E-state index < -0.39 is 0 Å². The Morgan fingerprint density at radius 1 is 1.32 bits per heavy atom. The molecule has 0 saturated carbocycles. The number of imidazole rings is 1. The van der Waals surface area contributed by atoms with E-state index in [2.05, 4.69) is 38.7 Å². The third-order valence-corrected chi connectivity index (χ3v) is 4.44. The lowest BCUT2D eigenvalue weighted by Crippen LogP contribution is -2.23. The molecule has 0 radical (unpaired) electrons. The van der Waals surface area contributed by atoms with Crippen molar-refractivity contribution < 1.29 is 0 Å². The first-order valence-electron chi connectivity index (χ1n) is 7.22. The number of rotatable bonds is 4.